The number of hydrogen-bond acceptors (Lipinski definition) is 1. The molecule has 0 bridgehead atoms. The Morgan fingerprint density at radius 3 is 0.875 bits per heavy atom. The molecule has 0 N–H and O–H groups in total. The minimum Gasteiger partial charge on any atom is -0.533 e. The quantitative estimate of drug-likeness (QED) is 0.116. The summed E-state index contributed by atoms with van der Waals surface area (Å²) in [6, 6.07) is 0. The average Bonchev–Trinajstić information content (AvgIpc) is 3.43. The second-order valence-corrected chi connectivity index (χ2v) is 11.2. The van der Waals surface area contributed by atoms with E-state index in [1.165, 1.54) is 0 Å². The molecule has 1 aliphatic carbocycles. The highest BCUT2D eigenvalue weighted by atomic mass is 28.4. The fourth-order valence-corrected chi connectivity index (χ4v) is 8.35. The van der Waals surface area contributed by atoms with E-state index in [2.05, 4.69) is 0 Å². The molecule has 0 spiro atoms. The van der Waals surface area contributed by atoms with Crippen LogP contribution in [0.2, 0.25) is 0 Å². The molecule has 1 aliphatic rings. The minimum atomic E-state index is -7.27. The van der Waals surface area contributed by atoms with Crippen molar-refractivity contribution in [2.24, 2.45) is 0 Å². The Bertz CT molecular complexity index is 1360. The molecule has 0 aliphatic heterocycles. The van der Waals surface area contributed by atoms with Gasteiger partial charge in [-0.2, -0.15) is 0 Å². The molecule has 0 heterocycles. The van der Waals surface area contributed by atoms with Crippen LogP contribution in [-0.4, -0.2) is 8.32 Å². The lowest BCUT2D eigenvalue weighted by molar-refractivity contribution is 0.364. The largest absolute Gasteiger partial charge is 0.533 e. The van der Waals surface area contributed by atoms with Crippen LogP contribution in [0.1, 0.15) is 19.3 Å². The van der Waals surface area contributed by atoms with E-state index in [9.17, 15) is 39.5 Å². The van der Waals surface area contributed by atoms with E-state index in [0.29, 0.717) is 0 Å². The first-order valence-electron chi connectivity index (χ1n) is 10.5. The zero-order valence-corrected chi connectivity index (χ0v) is 19.8. The van der Waals surface area contributed by atoms with Gasteiger partial charge in [-0.3, -0.25) is 0 Å². The van der Waals surface area contributed by atoms with E-state index in [-0.39, 0.29) is 12.8 Å². The van der Waals surface area contributed by atoms with Gasteiger partial charge >= 0.3 is 8.32 Å². The predicted molar refractivity (Wildman–Crippen MR) is 106 cm³/mol. The zero-order chi connectivity index (χ0) is 30.0. The van der Waals surface area contributed by atoms with Crippen molar-refractivity contribution in [3.63, 3.8) is 0 Å². The maximum absolute atomic E-state index is 15.2. The summed E-state index contributed by atoms with van der Waals surface area (Å²) in [5.74, 6) is -46.6. The van der Waals surface area contributed by atoms with Crippen LogP contribution in [0.5, 0.6) is 0 Å². The van der Waals surface area contributed by atoms with Crippen molar-refractivity contribution >= 4 is 23.9 Å². The van der Waals surface area contributed by atoms with Crippen molar-refractivity contribution in [3.05, 3.63) is 99.1 Å². The van der Waals surface area contributed by atoms with Gasteiger partial charge in [0.05, 0.1) is 21.3 Å². The molecule has 4 rings (SSSR count). The van der Waals surface area contributed by atoms with Crippen LogP contribution in [0.3, 0.4) is 0 Å². The summed E-state index contributed by atoms with van der Waals surface area (Å²) in [7, 11) is -7.27. The van der Waals surface area contributed by atoms with E-state index in [4.69, 9.17) is 4.43 Å². The molecule has 0 radical (unpaired) electrons. The van der Waals surface area contributed by atoms with Gasteiger partial charge < -0.3 is 4.43 Å². The van der Waals surface area contributed by atoms with E-state index in [1.807, 2.05) is 0 Å². The van der Waals surface area contributed by atoms with Crippen molar-refractivity contribution in [2.45, 2.75) is 19.3 Å². The summed E-state index contributed by atoms with van der Waals surface area (Å²) in [5.41, 5.74) is 0. The van der Waals surface area contributed by atoms with Gasteiger partial charge in [-0.1, -0.05) is 0 Å². The Hall–Kier alpha value is -3.63. The molecule has 3 aromatic rings. The van der Waals surface area contributed by atoms with Crippen molar-refractivity contribution in [1.82, 2.24) is 0 Å². The van der Waals surface area contributed by atoms with Gasteiger partial charge in [0, 0.05) is 6.42 Å². The first-order chi connectivity index (χ1) is 18.6. The van der Waals surface area contributed by atoms with E-state index in [1.54, 1.807) is 0 Å². The molecule has 1 nitrogen and oxygen atoms in total. The fourth-order valence-electron chi connectivity index (χ4n) is 4.20. The maximum Gasteiger partial charge on any atom is 0.364 e. The molecular weight excluding hydrogens is 605 g/mol. The number of hydrogen-bond donors (Lipinski definition) is 0. The number of rotatable bonds is 5. The van der Waals surface area contributed by atoms with Gasteiger partial charge in [-0.25, -0.2) is 65.9 Å². The highest BCUT2D eigenvalue weighted by molar-refractivity contribution is 7.07. The summed E-state index contributed by atoms with van der Waals surface area (Å²) in [6.45, 7) is 0. The Balaban J connectivity index is 2.44. The lowest BCUT2D eigenvalue weighted by Gasteiger charge is -2.35. The fraction of sp³-hybridized carbons (Fsp3) is 0.130. The van der Waals surface area contributed by atoms with E-state index in [0.717, 1.165) is 6.08 Å². The smallest absolute Gasteiger partial charge is 0.364 e. The molecule has 0 atom stereocenters. The maximum atomic E-state index is 15.2. The van der Waals surface area contributed by atoms with Crippen LogP contribution < -0.4 is 15.6 Å². The Morgan fingerprint density at radius 2 is 0.650 bits per heavy atom. The summed E-state index contributed by atoms with van der Waals surface area (Å²) in [5, 5.41) is -8.16. The van der Waals surface area contributed by atoms with Crippen molar-refractivity contribution in [3.8, 4) is 0 Å². The molecule has 0 amide bonds. The zero-order valence-electron chi connectivity index (χ0n) is 18.8. The summed E-state index contributed by atoms with van der Waals surface area (Å²) in [4.78, 5) is 0. The summed E-state index contributed by atoms with van der Waals surface area (Å²) < 4.78 is 224. The first-order valence-corrected chi connectivity index (χ1v) is 12.5. The third-order valence-corrected chi connectivity index (χ3v) is 9.97. The van der Waals surface area contributed by atoms with Crippen molar-refractivity contribution in [1.29, 1.82) is 0 Å². The SMILES string of the molecule is Fc1c(F)c(F)c([Si](OC2=CCCC2)(c2c(F)c(F)c(F)c(F)c2F)c2c(F)c(F)c(F)c(F)c2F)c(F)c1F. The van der Waals surface area contributed by atoms with Gasteiger partial charge in [-0.15, -0.1) is 0 Å². The normalized spacial score (nSPS) is 13.7. The molecule has 3 aromatic carbocycles. The number of benzene rings is 3. The van der Waals surface area contributed by atoms with E-state index >= 15 is 26.3 Å². The molecule has 0 saturated heterocycles. The Kier molecular flexibility index (Phi) is 7.40. The predicted octanol–water partition coefficient (Wildman–Crippen LogP) is 5.82. The topological polar surface area (TPSA) is 9.23 Å². The van der Waals surface area contributed by atoms with Gasteiger partial charge in [0.15, 0.2) is 69.8 Å². The van der Waals surface area contributed by atoms with Gasteiger partial charge in [0.2, 0.25) is 17.5 Å². The molecule has 0 unspecified atom stereocenters. The van der Waals surface area contributed by atoms with Gasteiger partial charge in [0.1, 0.15) is 0 Å². The van der Waals surface area contributed by atoms with Crippen LogP contribution in [0.15, 0.2) is 11.8 Å². The molecule has 0 aromatic heterocycles. The van der Waals surface area contributed by atoms with E-state index < -0.39 is 123 Å². The second kappa shape index (κ2) is 10.1. The average molecular weight is 612 g/mol. The monoisotopic (exact) mass is 612 g/mol. The molecule has 40 heavy (non-hydrogen) atoms. The Labute approximate surface area is 213 Å². The molecule has 0 saturated carbocycles. The molecule has 0 fully saturated rings. The highest BCUT2D eigenvalue weighted by Gasteiger charge is 2.59. The number of allylic oxidation sites excluding steroid dienone is 2. The third kappa shape index (κ3) is 3.95. The molecule has 214 valence electrons. The minimum absolute atomic E-state index is 0.00880. The van der Waals surface area contributed by atoms with Crippen molar-refractivity contribution < 1.29 is 70.3 Å². The molecular formula is C23H7F15OSi. The van der Waals surface area contributed by atoms with Gasteiger partial charge in [0.25, 0.3) is 0 Å². The second-order valence-electron chi connectivity index (χ2n) is 8.18. The Morgan fingerprint density at radius 1 is 0.400 bits per heavy atom. The highest BCUT2D eigenvalue weighted by Crippen LogP contribution is 2.31. The molecule has 17 heteroatoms. The third-order valence-electron chi connectivity index (χ3n) is 5.97. The van der Waals surface area contributed by atoms with Crippen LogP contribution in [0, 0.1) is 87.3 Å². The first kappa shape index (κ1) is 29.4. The van der Waals surface area contributed by atoms with Crippen LogP contribution in [-0.2, 0) is 4.43 Å². The van der Waals surface area contributed by atoms with Crippen molar-refractivity contribution in [2.75, 3.05) is 0 Å². The lowest BCUT2D eigenvalue weighted by atomic mass is 10.3. The van der Waals surface area contributed by atoms with Crippen LogP contribution in [0.4, 0.5) is 65.9 Å². The summed E-state index contributed by atoms with van der Waals surface area (Å²) >= 11 is 0. The van der Waals surface area contributed by atoms with Crippen LogP contribution >= 0.6 is 0 Å². The number of halogens is 15. The van der Waals surface area contributed by atoms with Gasteiger partial charge in [-0.05, 0) is 18.9 Å². The summed E-state index contributed by atoms with van der Waals surface area (Å²) in [6.07, 6.45) is 0.289. The lowest BCUT2D eigenvalue weighted by Crippen LogP contribution is -2.75. The standard InChI is InChI=1S/C23H7F15OSi/c24-6-9(27)15(33)21(16(34)10(6)28)40(39-5-3-1-2-4-5,22-17(35)11(29)7(25)12(30)18(22)36)23-19(37)13(31)8(26)14(32)20(23)38/h3H,1-2,4H2. The van der Waals surface area contributed by atoms with Crippen LogP contribution in [0.25, 0.3) is 0 Å².